The highest BCUT2D eigenvalue weighted by molar-refractivity contribution is 5.92. The molecular formula is C12H15NO2. The van der Waals surface area contributed by atoms with Crippen molar-refractivity contribution < 1.29 is 9.53 Å². The molecule has 0 saturated heterocycles. The van der Waals surface area contributed by atoms with Crippen molar-refractivity contribution in [3.05, 3.63) is 28.6 Å². The van der Waals surface area contributed by atoms with Crippen LogP contribution in [0.3, 0.4) is 0 Å². The molecule has 0 radical (unpaired) electrons. The minimum atomic E-state index is -0.221. The van der Waals surface area contributed by atoms with Crippen molar-refractivity contribution in [3.8, 4) is 0 Å². The maximum Gasteiger partial charge on any atom is 0.340 e. The van der Waals surface area contributed by atoms with Crippen molar-refractivity contribution in [2.45, 2.75) is 33.1 Å². The Morgan fingerprint density at radius 1 is 1.53 bits per heavy atom. The van der Waals surface area contributed by atoms with Gasteiger partial charge in [0.05, 0.1) is 17.9 Å². The van der Waals surface area contributed by atoms with Crippen molar-refractivity contribution in [2.75, 3.05) is 6.61 Å². The first kappa shape index (κ1) is 10.1. The van der Waals surface area contributed by atoms with Gasteiger partial charge in [-0.2, -0.15) is 0 Å². The van der Waals surface area contributed by atoms with Gasteiger partial charge in [-0.05, 0) is 44.2 Å². The Hall–Kier alpha value is -1.38. The van der Waals surface area contributed by atoms with Gasteiger partial charge in [0, 0.05) is 6.20 Å². The van der Waals surface area contributed by atoms with Gasteiger partial charge < -0.3 is 4.74 Å². The Morgan fingerprint density at radius 2 is 2.33 bits per heavy atom. The summed E-state index contributed by atoms with van der Waals surface area (Å²) in [6, 6.07) is 0. The molecule has 0 spiro atoms. The molecule has 1 aromatic heterocycles. The highest BCUT2D eigenvalue weighted by atomic mass is 16.5. The monoisotopic (exact) mass is 205 g/mol. The number of aryl methyl sites for hydroxylation is 2. The first-order chi connectivity index (χ1) is 7.24. The van der Waals surface area contributed by atoms with Crippen LogP contribution < -0.4 is 0 Å². The second-order valence-corrected chi connectivity index (χ2v) is 3.80. The van der Waals surface area contributed by atoms with E-state index < -0.39 is 0 Å². The van der Waals surface area contributed by atoms with E-state index >= 15 is 0 Å². The Kier molecular flexibility index (Phi) is 2.71. The SMILES string of the molecule is CCOC(=O)c1c(C)ncc2c1CCC2. The van der Waals surface area contributed by atoms with Gasteiger partial charge in [0.15, 0.2) is 0 Å². The van der Waals surface area contributed by atoms with E-state index in [9.17, 15) is 4.79 Å². The molecule has 1 aromatic rings. The molecule has 1 aliphatic carbocycles. The molecule has 0 fully saturated rings. The first-order valence-corrected chi connectivity index (χ1v) is 5.38. The third-order valence-electron chi connectivity index (χ3n) is 2.82. The lowest BCUT2D eigenvalue weighted by Crippen LogP contribution is -2.11. The highest BCUT2D eigenvalue weighted by Crippen LogP contribution is 2.26. The molecule has 3 heteroatoms. The topological polar surface area (TPSA) is 39.2 Å². The van der Waals surface area contributed by atoms with Crippen molar-refractivity contribution in [1.29, 1.82) is 0 Å². The number of pyridine rings is 1. The maximum atomic E-state index is 11.8. The van der Waals surface area contributed by atoms with E-state index in [1.807, 2.05) is 20.0 Å². The summed E-state index contributed by atoms with van der Waals surface area (Å²) in [5.74, 6) is -0.221. The molecule has 80 valence electrons. The molecule has 3 nitrogen and oxygen atoms in total. The van der Waals surface area contributed by atoms with Crippen LogP contribution in [0.2, 0.25) is 0 Å². The molecule has 0 N–H and O–H groups in total. The number of rotatable bonds is 2. The smallest absolute Gasteiger partial charge is 0.340 e. The second kappa shape index (κ2) is 4.01. The summed E-state index contributed by atoms with van der Waals surface area (Å²) in [4.78, 5) is 16.0. The lowest BCUT2D eigenvalue weighted by Gasteiger charge is -2.09. The summed E-state index contributed by atoms with van der Waals surface area (Å²) in [7, 11) is 0. The van der Waals surface area contributed by atoms with E-state index in [2.05, 4.69) is 4.98 Å². The van der Waals surface area contributed by atoms with E-state index in [1.165, 1.54) is 5.56 Å². The third kappa shape index (κ3) is 1.74. The Bertz CT molecular complexity index is 399. The lowest BCUT2D eigenvalue weighted by atomic mass is 10.0. The number of esters is 1. The Balaban J connectivity index is 2.45. The van der Waals surface area contributed by atoms with E-state index in [0.717, 1.165) is 30.5 Å². The number of fused-ring (bicyclic) bond motifs is 1. The molecule has 15 heavy (non-hydrogen) atoms. The van der Waals surface area contributed by atoms with E-state index in [4.69, 9.17) is 4.74 Å². The first-order valence-electron chi connectivity index (χ1n) is 5.38. The quantitative estimate of drug-likeness (QED) is 0.694. The van der Waals surface area contributed by atoms with Crippen LogP contribution in [0, 0.1) is 6.92 Å². The molecule has 0 atom stereocenters. The Labute approximate surface area is 89.5 Å². The lowest BCUT2D eigenvalue weighted by molar-refractivity contribution is 0.0523. The van der Waals surface area contributed by atoms with Gasteiger partial charge >= 0.3 is 5.97 Å². The van der Waals surface area contributed by atoms with Crippen LogP contribution in [-0.4, -0.2) is 17.6 Å². The predicted molar refractivity (Wildman–Crippen MR) is 57.0 cm³/mol. The second-order valence-electron chi connectivity index (χ2n) is 3.80. The molecule has 2 rings (SSSR count). The van der Waals surface area contributed by atoms with Crippen LogP contribution in [0.25, 0.3) is 0 Å². The van der Waals surface area contributed by atoms with Crippen LogP contribution in [0.4, 0.5) is 0 Å². The van der Waals surface area contributed by atoms with Gasteiger partial charge in [-0.3, -0.25) is 4.98 Å². The maximum absolute atomic E-state index is 11.8. The number of aromatic nitrogens is 1. The highest BCUT2D eigenvalue weighted by Gasteiger charge is 2.22. The molecule has 0 unspecified atom stereocenters. The van der Waals surface area contributed by atoms with Gasteiger partial charge in [-0.1, -0.05) is 0 Å². The average Bonchev–Trinajstić information content (AvgIpc) is 2.65. The third-order valence-corrected chi connectivity index (χ3v) is 2.82. The van der Waals surface area contributed by atoms with Gasteiger partial charge in [-0.25, -0.2) is 4.79 Å². The largest absolute Gasteiger partial charge is 0.462 e. The molecule has 0 saturated carbocycles. The van der Waals surface area contributed by atoms with Gasteiger partial charge in [0.1, 0.15) is 0 Å². The fourth-order valence-corrected chi connectivity index (χ4v) is 2.13. The summed E-state index contributed by atoms with van der Waals surface area (Å²) in [5.41, 5.74) is 3.85. The number of nitrogens with zero attached hydrogens (tertiary/aromatic N) is 1. The van der Waals surface area contributed by atoms with Gasteiger partial charge in [-0.15, -0.1) is 0 Å². The fourth-order valence-electron chi connectivity index (χ4n) is 2.13. The average molecular weight is 205 g/mol. The van der Waals surface area contributed by atoms with Crippen LogP contribution in [0.15, 0.2) is 6.20 Å². The van der Waals surface area contributed by atoms with Crippen LogP contribution in [0.1, 0.15) is 40.5 Å². The van der Waals surface area contributed by atoms with Gasteiger partial charge in [0.25, 0.3) is 0 Å². The van der Waals surface area contributed by atoms with Crippen LogP contribution in [-0.2, 0) is 17.6 Å². The summed E-state index contributed by atoms with van der Waals surface area (Å²) >= 11 is 0. The summed E-state index contributed by atoms with van der Waals surface area (Å²) < 4.78 is 5.06. The molecule has 1 aliphatic rings. The van der Waals surface area contributed by atoms with E-state index in [0.29, 0.717) is 12.2 Å². The van der Waals surface area contributed by atoms with Crippen molar-refractivity contribution in [2.24, 2.45) is 0 Å². The Morgan fingerprint density at radius 3 is 3.07 bits per heavy atom. The standard InChI is InChI=1S/C12H15NO2/c1-3-15-12(14)11-8(2)13-7-9-5-4-6-10(9)11/h7H,3-6H2,1-2H3. The zero-order chi connectivity index (χ0) is 10.8. The minimum absolute atomic E-state index is 0.221. The summed E-state index contributed by atoms with van der Waals surface area (Å²) in [5, 5.41) is 0. The van der Waals surface area contributed by atoms with Crippen molar-refractivity contribution in [3.63, 3.8) is 0 Å². The van der Waals surface area contributed by atoms with E-state index in [1.54, 1.807) is 0 Å². The zero-order valence-electron chi connectivity index (χ0n) is 9.17. The number of carbonyl (C=O) groups is 1. The number of carbonyl (C=O) groups excluding carboxylic acids is 1. The summed E-state index contributed by atoms with van der Waals surface area (Å²) in [6.07, 6.45) is 5.02. The number of ether oxygens (including phenoxy) is 1. The number of hydrogen-bond donors (Lipinski definition) is 0. The summed E-state index contributed by atoms with van der Waals surface area (Å²) in [6.45, 7) is 4.11. The van der Waals surface area contributed by atoms with E-state index in [-0.39, 0.29) is 5.97 Å². The molecule has 0 amide bonds. The normalized spacial score (nSPS) is 13.7. The van der Waals surface area contributed by atoms with Crippen LogP contribution in [0.5, 0.6) is 0 Å². The van der Waals surface area contributed by atoms with Gasteiger partial charge in [0.2, 0.25) is 0 Å². The van der Waals surface area contributed by atoms with Crippen molar-refractivity contribution in [1.82, 2.24) is 4.98 Å². The fraction of sp³-hybridized carbons (Fsp3) is 0.500. The predicted octanol–water partition coefficient (Wildman–Crippen LogP) is 2.06. The zero-order valence-corrected chi connectivity index (χ0v) is 9.17. The number of hydrogen-bond acceptors (Lipinski definition) is 3. The minimum Gasteiger partial charge on any atom is -0.462 e. The van der Waals surface area contributed by atoms with Crippen LogP contribution >= 0.6 is 0 Å². The van der Waals surface area contributed by atoms with Crippen molar-refractivity contribution >= 4 is 5.97 Å². The molecular weight excluding hydrogens is 190 g/mol. The molecule has 0 aliphatic heterocycles. The molecule has 0 aromatic carbocycles. The molecule has 1 heterocycles. The molecule has 0 bridgehead atoms.